The zero-order valence-corrected chi connectivity index (χ0v) is 9.76. The molecule has 0 aliphatic rings. The summed E-state index contributed by atoms with van der Waals surface area (Å²) in [4.78, 5) is 0. The van der Waals surface area contributed by atoms with E-state index in [4.69, 9.17) is 4.74 Å². The fourth-order valence-corrected chi connectivity index (χ4v) is 1.44. The van der Waals surface area contributed by atoms with Gasteiger partial charge in [-0.1, -0.05) is 48.2 Å². The van der Waals surface area contributed by atoms with Gasteiger partial charge in [0.05, 0.1) is 0 Å². The summed E-state index contributed by atoms with van der Waals surface area (Å²) in [7, 11) is 0. The number of benzene rings is 2. The van der Waals surface area contributed by atoms with Crippen molar-refractivity contribution in [2.75, 3.05) is 0 Å². The van der Waals surface area contributed by atoms with Crippen LogP contribution in [0.4, 0.5) is 0 Å². The van der Waals surface area contributed by atoms with Crippen LogP contribution in [0, 0.1) is 11.8 Å². The monoisotopic (exact) mass is 222 g/mol. The largest absolute Gasteiger partial charge is 0.478 e. The number of para-hydroxylation sites is 1. The van der Waals surface area contributed by atoms with E-state index in [2.05, 4.69) is 11.8 Å². The molecule has 17 heavy (non-hydrogen) atoms. The molecule has 0 saturated heterocycles. The van der Waals surface area contributed by atoms with Crippen LogP contribution in [0.5, 0.6) is 5.75 Å². The predicted octanol–water partition coefficient (Wildman–Crippen LogP) is 3.51. The zero-order valence-electron chi connectivity index (χ0n) is 9.76. The Morgan fingerprint density at radius 2 is 1.47 bits per heavy atom. The van der Waals surface area contributed by atoms with Crippen LogP contribution in [0.2, 0.25) is 0 Å². The topological polar surface area (TPSA) is 9.23 Å². The van der Waals surface area contributed by atoms with Gasteiger partial charge in [-0.2, -0.15) is 0 Å². The van der Waals surface area contributed by atoms with Crippen molar-refractivity contribution in [3.63, 3.8) is 0 Å². The molecule has 0 aliphatic heterocycles. The molecule has 0 spiro atoms. The van der Waals surface area contributed by atoms with Crippen molar-refractivity contribution in [2.45, 2.75) is 13.0 Å². The van der Waals surface area contributed by atoms with Gasteiger partial charge in [0, 0.05) is 5.56 Å². The molecule has 0 amide bonds. The first-order valence-electron chi connectivity index (χ1n) is 5.63. The second kappa shape index (κ2) is 5.77. The molecule has 0 N–H and O–H groups in total. The highest BCUT2D eigenvalue weighted by Gasteiger charge is 1.97. The average molecular weight is 222 g/mol. The molecule has 1 nitrogen and oxygen atoms in total. The molecule has 0 bridgehead atoms. The van der Waals surface area contributed by atoms with Crippen LogP contribution in [0.3, 0.4) is 0 Å². The molecule has 1 unspecified atom stereocenters. The minimum Gasteiger partial charge on any atom is -0.478 e. The third kappa shape index (κ3) is 3.70. The van der Waals surface area contributed by atoms with Crippen molar-refractivity contribution >= 4 is 0 Å². The van der Waals surface area contributed by atoms with Crippen LogP contribution in [0.1, 0.15) is 12.5 Å². The fourth-order valence-electron chi connectivity index (χ4n) is 1.44. The Morgan fingerprint density at radius 3 is 2.12 bits per heavy atom. The lowest BCUT2D eigenvalue weighted by atomic mass is 10.2. The first-order chi connectivity index (χ1) is 8.34. The third-order valence-corrected chi connectivity index (χ3v) is 2.25. The Hall–Kier alpha value is -2.20. The van der Waals surface area contributed by atoms with Gasteiger partial charge in [-0.3, -0.25) is 0 Å². The van der Waals surface area contributed by atoms with E-state index < -0.39 is 0 Å². The van der Waals surface area contributed by atoms with Gasteiger partial charge in [-0.05, 0) is 31.2 Å². The number of rotatable bonds is 2. The Kier molecular flexibility index (Phi) is 3.83. The van der Waals surface area contributed by atoms with E-state index in [0.717, 1.165) is 11.3 Å². The van der Waals surface area contributed by atoms with E-state index >= 15 is 0 Å². The lowest BCUT2D eigenvalue weighted by Gasteiger charge is -2.07. The van der Waals surface area contributed by atoms with Gasteiger partial charge in [0.1, 0.15) is 5.75 Å². The Bertz CT molecular complexity index is 505. The first kappa shape index (κ1) is 11.3. The van der Waals surface area contributed by atoms with Crippen molar-refractivity contribution in [2.24, 2.45) is 0 Å². The highest BCUT2D eigenvalue weighted by molar-refractivity contribution is 5.34. The van der Waals surface area contributed by atoms with Crippen LogP contribution in [-0.4, -0.2) is 6.10 Å². The Balaban J connectivity index is 1.99. The van der Waals surface area contributed by atoms with E-state index in [9.17, 15) is 0 Å². The molecular formula is C16H14O. The van der Waals surface area contributed by atoms with Crippen molar-refractivity contribution in [1.29, 1.82) is 0 Å². The quantitative estimate of drug-likeness (QED) is 0.706. The molecule has 0 aromatic heterocycles. The molecular weight excluding hydrogens is 208 g/mol. The van der Waals surface area contributed by atoms with E-state index in [0.29, 0.717) is 0 Å². The summed E-state index contributed by atoms with van der Waals surface area (Å²) in [6, 6.07) is 19.6. The van der Waals surface area contributed by atoms with Gasteiger partial charge < -0.3 is 4.74 Å². The molecule has 0 radical (unpaired) electrons. The lowest BCUT2D eigenvalue weighted by Crippen LogP contribution is -2.08. The van der Waals surface area contributed by atoms with E-state index in [1.54, 1.807) is 0 Å². The van der Waals surface area contributed by atoms with Gasteiger partial charge in [-0.15, -0.1) is 0 Å². The zero-order chi connectivity index (χ0) is 11.9. The fraction of sp³-hybridized carbons (Fsp3) is 0.125. The van der Waals surface area contributed by atoms with Crippen molar-refractivity contribution in [3.05, 3.63) is 66.2 Å². The van der Waals surface area contributed by atoms with Gasteiger partial charge in [0.25, 0.3) is 0 Å². The average Bonchev–Trinajstić information content (AvgIpc) is 2.39. The molecule has 0 fully saturated rings. The third-order valence-electron chi connectivity index (χ3n) is 2.25. The molecule has 0 aliphatic carbocycles. The smallest absolute Gasteiger partial charge is 0.156 e. The second-order valence-corrected chi connectivity index (χ2v) is 3.71. The molecule has 0 heterocycles. The molecule has 1 heteroatoms. The standard InChI is InChI=1S/C16H14O/c1-14(17-16-10-6-3-7-11-16)12-13-15-8-4-2-5-9-15/h2-11,14H,1H3. The summed E-state index contributed by atoms with van der Waals surface area (Å²) in [5.41, 5.74) is 1.01. The predicted molar refractivity (Wildman–Crippen MR) is 69.9 cm³/mol. The highest BCUT2D eigenvalue weighted by atomic mass is 16.5. The van der Waals surface area contributed by atoms with Crippen molar-refractivity contribution in [3.8, 4) is 17.6 Å². The molecule has 0 saturated carbocycles. The van der Waals surface area contributed by atoms with Crippen molar-refractivity contribution in [1.82, 2.24) is 0 Å². The summed E-state index contributed by atoms with van der Waals surface area (Å²) in [5.74, 6) is 7.01. The van der Waals surface area contributed by atoms with E-state index in [1.165, 1.54) is 0 Å². The summed E-state index contributed by atoms with van der Waals surface area (Å²) in [6.45, 7) is 1.95. The Morgan fingerprint density at radius 1 is 0.882 bits per heavy atom. The van der Waals surface area contributed by atoms with Gasteiger partial charge in [-0.25, -0.2) is 0 Å². The van der Waals surface area contributed by atoms with Gasteiger partial charge in [0.15, 0.2) is 6.10 Å². The Labute approximate surface area is 102 Å². The molecule has 1 atom stereocenters. The number of ether oxygens (including phenoxy) is 1. The first-order valence-corrected chi connectivity index (χ1v) is 5.63. The second-order valence-electron chi connectivity index (χ2n) is 3.71. The maximum Gasteiger partial charge on any atom is 0.156 e. The van der Waals surface area contributed by atoms with Crippen LogP contribution in [-0.2, 0) is 0 Å². The van der Waals surface area contributed by atoms with Crippen LogP contribution < -0.4 is 4.74 Å². The summed E-state index contributed by atoms with van der Waals surface area (Å²) >= 11 is 0. The van der Waals surface area contributed by atoms with Crippen molar-refractivity contribution < 1.29 is 4.74 Å². The molecule has 2 aromatic carbocycles. The highest BCUT2D eigenvalue weighted by Crippen LogP contribution is 2.10. The summed E-state index contributed by atoms with van der Waals surface area (Å²) < 4.78 is 5.66. The maximum atomic E-state index is 5.66. The molecule has 84 valence electrons. The minimum atomic E-state index is -0.113. The minimum absolute atomic E-state index is 0.113. The van der Waals surface area contributed by atoms with Crippen LogP contribution in [0.15, 0.2) is 60.7 Å². The SMILES string of the molecule is CC(C#Cc1ccccc1)Oc1ccccc1. The van der Waals surface area contributed by atoms with Crippen LogP contribution >= 0.6 is 0 Å². The summed E-state index contributed by atoms with van der Waals surface area (Å²) in [6.07, 6.45) is -0.113. The lowest BCUT2D eigenvalue weighted by molar-refractivity contribution is 0.279. The molecule has 2 rings (SSSR count). The number of hydrogen-bond acceptors (Lipinski definition) is 1. The van der Waals surface area contributed by atoms with Gasteiger partial charge >= 0.3 is 0 Å². The number of hydrogen-bond donors (Lipinski definition) is 0. The van der Waals surface area contributed by atoms with E-state index in [-0.39, 0.29) is 6.10 Å². The van der Waals surface area contributed by atoms with Crippen LogP contribution in [0.25, 0.3) is 0 Å². The maximum absolute atomic E-state index is 5.66. The normalized spacial score (nSPS) is 11.1. The van der Waals surface area contributed by atoms with Gasteiger partial charge in [0.2, 0.25) is 0 Å². The van der Waals surface area contributed by atoms with E-state index in [1.807, 2.05) is 67.6 Å². The molecule has 2 aromatic rings. The summed E-state index contributed by atoms with van der Waals surface area (Å²) in [5, 5.41) is 0.